The van der Waals surface area contributed by atoms with E-state index in [0.29, 0.717) is 32.0 Å². The van der Waals surface area contributed by atoms with E-state index in [4.69, 9.17) is 0 Å². The molecule has 0 aromatic rings. The number of likely N-dealkylation sites (N-methyl/N-ethyl adjacent to an activating group) is 2. The van der Waals surface area contributed by atoms with Gasteiger partial charge in [0.05, 0.1) is 12.6 Å². The average molecular weight is 384 g/mol. The van der Waals surface area contributed by atoms with E-state index in [1.807, 2.05) is 34.6 Å². The Balaban J connectivity index is 5.51. The molecule has 0 aliphatic rings. The molecule has 0 rings (SSSR count). The summed E-state index contributed by atoms with van der Waals surface area (Å²) >= 11 is 0. The van der Waals surface area contributed by atoms with Crippen LogP contribution >= 0.6 is 0 Å². The number of amides is 2. The lowest BCUT2D eigenvalue weighted by Crippen LogP contribution is -2.65. The van der Waals surface area contributed by atoms with Gasteiger partial charge in [-0.2, -0.15) is 0 Å². The van der Waals surface area contributed by atoms with Crippen molar-refractivity contribution in [1.29, 1.82) is 0 Å². The highest BCUT2D eigenvalue weighted by atomic mass is 16.2. The molecule has 0 fully saturated rings. The van der Waals surface area contributed by atoms with Crippen molar-refractivity contribution < 1.29 is 19.2 Å². The predicted molar refractivity (Wildman–Crippen MR) is 106 cm³/mol. The van der Waals surface area contributed by atoms with Gasteiger partial charge in [-0.05, 0) is 31.1 Å². The highest BCUT2D eigenvalue weighted by Gasteiger charge is 2.40. The maximum atomic E-state index is 12.8. The molecule has 0 bridgehead atoms. The molecule has 0 aromatic heterocycles. The van der Waals surface area contributed by atoms with Gasteiger partial charge in [-0.3, -0.25) is 19.7 Å². The van der Waals surface area contributed by atoms with E-state index in [0.717, 1.165) is 6.29 Å². The molecular formula is C20H37N3O4. The van der Waals surface area contributed by atoms with Crippen molar-refractivity contribution in [2.45, 2.75) is 72.0 Å². The second kappa shape index (κ2) is 11.8. The molecule has 27 heavy (non-hydrogen) atoms. The Morgan fingerprint density at radius 1 is 1.04 bits per heavy atom. The molecule has 0 aliphatic carbocycles. The lowest BCUT2D eigenvalue weighted by atomic mass is 9.94. The van der Waals surface area contributed by atoms with E-state index in [1.165, 1.54) is 9.80 Å². The van der Waals surface area contributed by atoms with E-state index < -0.39 is 11.7 Å². The SMILES string of the molecule is CCCC(=O)N(C)CC(=O)N(C)C(C=O)(CC(C)C)NC(C=O)CC(C)C. The molecule has 2 unspecified atom stereocenters. The number of nitrogens with one attached hydrogen (secondary N) is 1. The number of rotatable bonds is 13. The fraction of sp³-hybridized carbons (Fsp3) is 0.800. The van der Waals surface area contributed by atoms with Crippen LogP contribution in [0.1, 0.15) is 60.3 Å². The summed E-state index contributed by atoms with van der Waals surface area (Å²) in [5.41, 5.74) is -1.29. The van der Waals surface area contributed by atoms with Crippen molar-refractivity contribution in [3.8, 4) is 0 Å². The lowest BCUT2D eigenvalue weighted by molar-refractivity contribution is -0.147. The molecular weight excluding hydrogens is 346 g/mol. The summed E-state index contributed by atoms with van der Waals surface area (Å²) in [5, 5.41) is 3.10. The number of carbonyl (C=O) groups is 4. The van der Waals surface area contributed by atoms with Crippen LogP contribution in [0, 0.1) is 11.8 Å². The van der Waals surface area contributed by atoms with Gasteiger partial charge < -0.3 is 14.6 Å². The van der Waals surface area contributed by atoms with Crippen molar-refractivity contribution >= 4 is 24.4 Å². The summed E-state index contributed by atoms with van der Waals surface area (Å²) in [7, 11) is 3.12. The van der Waals surface area contributed by atoms with E-state index in [2.05, 4.69) is 5.32 Å². The number of hydrogen-bond acceptors (Lipinski definition) is 5. The second-order valence-electron chi connectivity index (χ2n) is 8.11. The van der Waals surface area contributed by atoms with Gasteiger partial charge in [-0.1, -0.05) is 34.6 Å². The van der Waals surface area contributed by atoms with E-state index in [-0.39, 0.29) is 30.2 Å². The minimum atomic E-state index is -1.29. The molecule has 0 aliphatic heterocycles. The molecule has 0 spiro atoms. The number of nitrogens with zero attached hydrogens (tertiary/aromatic N) is 2. The third-order valence-corrected chi connectivity index (χ3v) is 4.47. The van der Waals surface area contributed by atoms with Gasteiger partial charge in [0.15, 0.2) is 11.9 Å². The van der Waals surface area contributed by atoms with Gasteiger partial charge in [0.1, 0.15) is 6.29 Å². The monoisotopic (exact) mass is 383 g/mol. The first kappa shape index (κ1) is 25.2. The highest BCUT2D eigenvalue weighted by molar-refractivity contribution is 5.87. The number of carbonyl (C=O) groups excluding carboxylic acids is 4. The third-order valence-electron chi connectivity index (χ3n) is 4.47. The van der Waals surface area contributed by atoms with Crippen LogP contribution in [-0.4, -0.2) is 66.5 Å². The summed E-state index contributed by atoms with van der Waals surface area (Å²) in [6.45, 7) is 9.68. The van der Waals surface area contributed by atoms with Crippen LogP contribution in [0.25, 0.3) is 0 Å². The normalized spacial score (nSPS) is 14.6. The first-order valence-electron chi connectivity index (χ1n) is 9.72. The quantitative estimate of drug-likeness (QED) is 0.387. The van der Waals surface area contributed by atoms with Gasteiger partial charge in [-0.25, -0.2) is 0 Å². The second-order valence-corrected chi connectivity index (χ2v) is 8.11. The maximum absolute atomic E-state index is 12.8. The number of hydrogen-bond donors (Lipinski definition) is 1. The molecule has 2 amide bonds. The molecule has 7 heteroatoms. The van der Waals surface area contributed by atoms with Gasteiger partial charge in [0.25, 0.3) is 0 Å². The molecule has 0 saturated carbocycles. The Kier molecular flexibility index (Phi) is 11.1. The van der Waals surface area contributed by atoms with Crippen molar-refractivity contribution in [3.05, 3.63) is 0 Å². The minimum absolute atomic E-state index is 0.110. The molecule has 0 saturated heterocycles. The van der Waals surface area contributed by atoms with E-state index >= 15 is 0 Å². The first-order valence-corrected chi connectivity index (χ1v) is 9.72. The summed E-state index contributed by atoms with van der Waals surface area (Å²) in [6, 6.07) is -0.538. The highest BCUT2D eigenvalue weighted by Crippen LogP contribution is 2.21. The Bertz CT molecular complexity index is 507. The summed E-state index contributed by atoms with van der Waals surface area (Å²) in [5.74, 6) is -0.0894. The Labute approximate surface area is 163 Å². The molecule has 0 radical (unpaired) electrons. The topological polar surface area (TPSA) is 86.8 Å². The first-order chi connectivity index (χ1) is 12.5. The summed E-state index contributed by atoms with van der Waals surface area (Å²) in [4.78, 5) is 51.1. The van der Waals surface area contributed by atoms with Crippen LogP contribution < -0.4 is 5.32 Å². The summed E-state index contributed by atoms with van der Waals surface area (Å²) < 4.78 is 0. The van der Waals surface area contributed by atoms with Crippen molar-refractivity contribution in [2.75, 3.05) is 20.6 Å². The zero-order chi connectivity index (χ0) is 21.2. The van der Waals surface area contributed by atoms with Crippen LogP contribution in [0.15, 0.2) is 0 Å². The van der Waals surface area contributed by atoms with Crippen LogP contribution in [0.3, 0.4) is 0 Å². The molecule has 7 nitrogen and oxygen atoms in total. The Morgan fingerprint density at radius 3 is 2.04 bits per heavy atom. The smallest absolute Gasteiger partial charge is 0.243 e. The third kappa shape index (κ3) is 8.20. The van der Waals surface area contributed by atoms with Crippen molar-refractivity contribution in [3.63, 3.8) is 0 Å². The van der Waals surface area contributed by atoms with Crippen molar-refractivity contribution in [2.24, 2.45) is 11.8 Å². The van der Waals surface area contributed by atoms with E-state index in [9.17, 15) is 19.2 Å². The standard InChI is InChI=1S/C20H37N3O4/c1-8-9-18(26)22(6)12-19(27)23(7)20(14-25,11-16(4)5)21-17(13-24)10-15(2)3/h13-17,21H,8-12H2,1-7H3. The van der Waals surface area contributed by atoms with Gasteiger partial charge in [0.2, 0.25) is 11.8 Å². The van der Waals surface area contributed by atoms with Gasteiger partial charge in [0, 0.05) is 20.5 Å². The summed E-state index contributed by atoms with van der Waals surface area (Å²) in [6.07, 6.45) is 3.50. The van der Waals surface area contributed by atoms with Gasteiger partial charge in [-0.15, -0.1) is 0 Å². The van der Waals surface area contributed by atoms with E-state index in [1.54, 1.807) is 14.1 Å². The zero-order valence-corrected chi connectivity index (χ0v) is 17.9. The van der Waals surface area contributed by atoms with Crippen molar-refractivity contribution in [1.82, 2.24) is 15.1 Å². The Morgan fingerprint density at radius 2 is 1.63 bits per heavy atom. The lowest BCUT2D eigenvalue weighted by Gasteiger charge is -2.41. The number of aldehydes is 2. The van der Waals surface area contributed by atoms with Crippen LogP contribution in [0.4, 0.5) is 0 Å². The fourth-order valence-electron chi connectivity index (χ4n) is 3.08. The fourth-order valence-corrected chi connectivity index (χ4v) is 3.08. The molecule has 0 heterocycles. The van der Waals surface area contributed by atoms with Crippen LogP contribution in [0.2, 0.25) is 0 Å². The zero-order valence-electron chi connectivity index (χ0n) is 17.9. The molecule has 1 N–H and O–H groups in total. The average Bonchev–Trinajstić information content (AvgIpc) is 2.58. The maximum Gasteiger partial charge on any atom is 0.243 e. The molecule has 156 valence electrons. The molecule has 2 atom stereocenters. The Hall–Kier alpha value is -1.76. The predicted octanol–water partition coefficient (Wildman–Crippen LogP) is 1.85. The largest absolute Gasteiger partial charge is 0.336 e. The van der Waals surface area contributed by atoms with Gasteiger partial charge >= 0.3 is 0 Å². The van der Waals surface area contributed by atoms with Crippen LogP contribution in [-0.2, 0) is 19.2 Å². The minimum Gasteiger partial charge on any atom is -0.336 e. The molecule has 0 aromatic carbocycles. The van der Waals surface area contributed by atoms with Crippen LogP contribution in [0.5, 0.6) is 0 Å².